The highest BCUT2D eigenvalue weighted by molar-refractivity contribution is 8.01. The SMILES string of the molecule is CC(C)(C)Nc1nnc(SCC(=O)NCCc2ccccc2)s1. The molecule has 1 aromatic carbocycles. The maximum atomic E-state index is 11.9. The van der Waals surface area contributed by atoms with Crippen molar-refractivity contribution in [3.63, 3.8) is 0 Å². The van der Waals surface area contributed by atoms with Crippen LogP contribution in [0.1, 0.15) is 26.3 Å². The van der Waals surface area contributed by atoms with Crippen molar-refractivity contribution in [3.05, 3.63) is 35.9 Å². The zero-order valence-corrected chi connectivity index (χ0v) is 15.3. The fraction of sp³-hybridized carbons (Fsp3) is 0.438. The Kier molecular flexibility index (Phi) is 6.41. The van der Waals surface area contributed by atoms with Gasteiger partial charge in [-0.05, 0) is 32.8 Å². The molecule has 0 unspecified atom stereocenters. The largest absolute Gasteiger partial charge is 0.355 e. The molecule has 0 aliphatic carbocycles. The van der Waals surface area contributed by atoms with Crippen LogP contribution in [0.5, 0.6) is 0 Å². The van der Waals surface area contributed by atoms with Crippen molar-refractivity contribution >= 4 is 34.1 Å². The zero-order valence-electron chi connectivity index (χ0n) is 13.6. The highest BCUT2D eigenvalue weighted by atomic mass is 32.2. The number of hydrogen-bond acceptors (Lipinski definition) is 6. The second-order valence-corrected chi connectivity index (χ2v) is 8.32. The van der Waals surface area contributed by atoms with Crippen LogP contribution < -0.4 is 10.6 Å². The Bertz CT molecular complexity index is 623. The number of nitrogens with one attached hydrogen (secondary N) is 2. The first-order valence-electron chi connectivity index (χ1n) is 7.47. The summed E-state index contributed by atoms with van der Waals surface area (Å²) in [6, 6.07) is 10.1. The molecular weight excluding hydrogens is 328 g/mol. The van der Waals surface area contributed by atoms with E-state index < -0.39 is 0 Å². The van der Waals surface area contributed by atoms with Gasteiger partial charge in [0.25, 0.3) is 0 Å². The molecule has 7 heteroatoms. The van der Waals surface area contributed by atoms with Gasteiger partial charge >= 0.3 is 0 Å². The van der Waals surface area contributed by atoms with E-state index in [1.807, 2.05) is 18.2 Å². The molecular formula is C16H22N4OS2. The number of anilines is 1. The second-order valence-electron chi connectivity index (χ2n) is 6.12. The molecule has 0 aliphatic rings. The van der Waals surface area contributed by atoms with Gasteiger partial charge in [0.2, 0.25) is 11.0 Å². The maximum Gasteiger partial charge on any atom is 0.230 e. The van der Waals surface area contributed by atoms with Crippen LogP contribution in [0.2, 0.25) is 0 Å². The number of carbonyl (C=O) groups excluding carboxylic acids is 1. The number of nitrogens with zero attached hydrogens (tertiary/aromatic N) is 2. The fourth-order valence-electron chi connectivity index (χ4n) is 1.81. The van der Waals surface area contributed by atoms with Gasteiger partial charge in [0.1, 0.15) is 0 Å². The average Bonchev–Trinajstić information content (AvgIpc) is 2.92. The van der Waals surface area contributed by atoms with E-state index in [0.717, 1.165) is 15.9 Å². The van der Waals surface area contributed by atoms with E-state index in [0.29, 0.717) is 12.3 Å². The molecule has 124 valence electrons. The molecule has 5 nitrogen and oxygen atoms in total. The van der Waals surface area contributed by atoms with Gasteiger partial charge in [-0.15, -0.1) is 10.2 Å². The first-order chi connectivity index (χ1) is 10.9. The zero-order chi connectivity index (χ0) is 16.7. The normalized spacial score (nSPS) is 11.3. The lowest BCUT2D eigenvalue weighted by Gasteiger charge is -2.18. The van der Waals surface area contributed by atoms with Gasteiger partial charge in [0, 0.05) is 12.1 Å². The molecule has 0 spiro atoms. The molecule has 0 fully saturated rings. The van der Waals surface area contributed by atoms with Gasteiger partial charge in [0.15, 0.2) is 4.34 Å². The monoisotopic (exact) mass is 350 g/mol. The van der Waals surface area contributed by atoms with E-state index in [1.54, 1.807) is 0 Å². The summed E-state index contributed by atoms with van der Waals surface area (Å²) in [5.41, 5.74) is 1.18. The number of amides is 1. The fourth-order valence-corrected chi connectivity index (χ4v) is 3.60. The summed E-state index contributed by atoms with van der Waals surface area (Å²) in [5, 5.41) is 15.2. The van der Waals surface area contributed by atoms with Gasteiger partial charge in [-0.25, -0.2) is 0 Å². The number of carbonyl (C=O) groups is 1. The lowest BCUT2D eigenvalue weighted by molar-refractivity contribution is -0.118. The minimum absolute atomic E-state index is 0.0199. The Balaban J connectivity index is 1.68. The van der Waals surface area contributed by atoms with Gasteiger partial charge in [-0.2, -0.15) is 0 Å². The van der Waals surface area contributed by atoms with Crippen molar-refractivity contribution in [1.82, 2.24) is 15.5 Å². The van der Waals surface area contributed by atoms with Crippen LogP contribution in [0.3, 0.4) is 0 Å². The third-order valence-electron chi connectivity index (χ3n) is 2.79. The first-order valence-corrected chi connectivity index (χ1v) is 9.28. The van der Waals surface area contributed by atoms with Crippen molar-refractivity contribution in [2.75, 3.05) is 17.6 Å². The number of benzene rings is 1. The predicted molar refractivity (Wildman–Crippen MR) is 97.2 cm³/mol. The number of aromatic nitrogens is 2. The van der Waals surface area contributed by atoms with Gasteiger partial charge < -0.3 is 10.6 Å². The van der Waals surface area contributed by atoms with E-state index in [-0.39, 0.29) is 11.4 Å². The van der Waals surface area contributed by atoms with Crippen LogP contribution in [0.15, 0.2) is 34.7 Å². The quantitative estimate of drug-likeness (QED) is 0.751. The Hall–Kier alpha value is -1.60. The van der Waals surface area contributed by atoms with E-state index in [9.17, 15) is 4.79 Å². The highest BCUT2D eigenvalue weighted by Crippen LogP contribution is 2.26. The molecule has 0 saturated carbocycles. The molecule has 23 heavy (non-hydrogen) atoms. The smallest absolute Gasteiger partial charge is 0.230 e. The molecule has 1 amide bonds. The molecule has 0 saturated heterocycles. The van der Waals surface area contributed by atoms with Crippen LogP contribution in [-0.4, -0.2) is 33.9 Å². The summed E-state index contributed by atoms with van der Waals surface area (Å²) < 4.78 is 0.801. The number of hydrogen-bond donors (Lipinski definition) is 2. The topological polar surface area (TPSA) is 66.9 Å². The maximum absolute atomic E-state index is 11.9. The van der Waals surface area contributed by atoms with E-state index in [1.165, 1.54) is 28.7 Å². The van der Waals surface area contributed by atoms with Crippen LogP contribution >= 0.6 is 23.1 Å². The lowest BCUT2D eigenvalue weighted by atomic mass is 10.1. The van der Waals surface area contributed by atoms with Gasteiger partial charge in [0.05, 0.1) is 5.75 Å². The average molecular weight is 351 g/mol. The molecule has 0 bridgehead atoms. The van der Waals surface area contributed by atoms with Crippen molar-refractivity contribution in [2.24, 2.45) is 0 Å². The molecule has 0 radical (unpaired) electrons. The molecule has 2 rings (SSSR count). The van der Waals surface area contributed by atoms with E-state index in [2.05, 4.69) is 53.7 Å². The molecule has 2 aromatic rings. The highest BCUT2D eigenvalue weighted by Gasteiger charge is 2.13. The Morgan fingerprint density at radius 1 is 1.22 bits per heavy atom. The number of thioether (sulfide) groups is 1. The Labute approximate surface area is 145 Å². The summed E-state index contributed by atoms with van der Waals surface area (Å²) in [4.78, 5) is 11.9. The van der Waals surface area contributed by atoms with E-state index in [4.69, 9.17) is 0 Å². The van der Waals surface area contributed by atoms with Crippen molar-refractivity contribution in [2.45, 2.75) is 37.1 Å². The minimum atomic E-state index is -0.0454. The van der Waals surface area contributed by atoms with Crippen molar-refractivity contribution in [3.8, 4) is 0 Å². The summed E-state index contributed by atoms with van der Waals surface area (Å²) in [5.74, 6) is 0.380. The van der Waals surface area contributed by atoms with E-state index >= 15 is 0 Å². The third kappa shape index (κ3) is 7.00. The van der Waals surface area contributed by atoms with Crippen LogP contribution in [0.25, 0.3) is 0 Å². The first kappa shape index (κ1) is 17.7. The molecule has 0 atom stereocenters. The summed E-state index contributed by atoms with van der Waals surface area (Å²) in [6.45, 7) is 6.86. The summed E-state index contributed by atoms with van der Waals surface area (Å²) in [6.07, 6.45) is 0.843. The van der Waals surface area contributed by atoms with Gasteiger partial charge in [-0.1, -0.05) is 53.4 Å². The van der Waals surface area contributed by atoms with Crippen molar-refractivity contribution in [1.29, 1.82) is 0 Å². The number of rotatable bonds is 7. The van der Waals surface area contributed by atoms with Crippen LogP contribution in [-0.2, 0) is 11.2 Å². The minimum Gasteiger partial charge on any atom is -0.355 e. The summed E-state index contributed by atoms with van der Waals surface area (Å²) in [7, 11) is 0. The molecule has 1 heterocycles. The lowest BCUT2D eigenvalue weighted by Crippen LogP contribution is -2.27. The van der Waals surface area contributed by atoms with Crippen LogP contribution in [0.4, 0.5) is 5.13 Å². The Morgan fingerprint density at radius 3 is 2.65 bits per heavy atom. The predicted octanol–water partition coefficient (Wildman–Crippen LogP) is 3.20. The molecule has 0 aliphatic heterocycles. The third-order valence-corrected chi connectivity index (χ3v) is 4.77. The van der Waals surface area contributed by atoms with Gasteiger partial charge in [-0.3, -0.25) is 4.79 Å². The molecule has 1 aromatic heterocycles. The summed E-state index contributed by atoms with van der Waals surface area (Å²) >= 11 is 2.89. The molecule has 2 N–H and O–H groups in total. The second kappa shape index (κ2) is 8.31. The Morgan fingerprint density at radius 2 is 1.96 bits per heavy atom. The van der Waals surface area contributed by atoms with Crippen molar-refractivity contribution < 1.29 is 4.79 Å². The standard InChI is InChI=1S/C16H22N4OS2/c1-16(2,3)18-14-19-20-15(23-14)22-11-13(21)17-10-9-12-7-5-4-6-8-12/h4-8H,9-11H2,1-3H3,(H,17,21)(H,18,19). The van der Waals surface area contributed by atoms with Crippen LogP contribution in [0, 0.1) is 0 Å².